The number of hydrogen-bond donors (Lipinski definition) is 3. The lowest BCUT2D eigenvalue weighted by atomic mass is 9.93. The summed E-state index contributed by atoms with van der Waals surface area (Å²) in [6.07, 6.45) is 4.75. The minimum atomic E-state index is -4.29. The fraction of sp³-hybridized carbons (Fsp3) is 0.333. The Labute approximate surface area is 208 Å². The standard InChI is InChI=1S/C24H26FN5O5S/c1-24(25,17-10-12-27-13-11-17)36(32,33)20-7-9-22(28-15-20)35-21-8-4-18(14-29-26)30-23(31)34-19-5-2-16(21)3-6-19/h2-9,14-15,17,21,26-27H,10-13H2,1H3,(H,30,31)/b8-4-,18-14+,29-26?. The molecule has 3 N–H and O–H groups in total. The summed E-state index contributed by atoms with van der Waals surface area (Å²) < 4.78 is 52.9. The van der Waals surface area contributed by atoms with Crippen molar-refractivity contribution in [2.24, 2.45) is 11.0 Å². The van der Waals surface area contributed by atoms with Gasteiger partial charge in [-0.15, -0.1) is 0 Å². The first-order valence-corrected chi connectivity index (χ1v) is 12.8. The van der Waals surface area contributed by atoms with Gasteiger partial charge in [0.05, 0.1) is 16.8 Å². The van der Waals surface area contributed by atoms with Crippen molar-refractivity contribution >= 4 is 15.9 Å². The highest BCUT2D eigenvalue weighted by atomic mass is 32.2. The van der Waals surface area contributed by atoms with Gasteiger partial charge >= 0.3 is 6.09 Å². The average Bonchev–Trinajstić information content (AvgIpc) is 2.91. The van der Waals surface area contributed by atoms with Crippen LogP contribution in [0.2, 0.25) is 0 Å². The maximum atomic E-state index is 15.6. The molecule has 1 saturated heterocycles. The minimum Gasteiger partial charge on any atom is -0.465 e. The van der Waals surface area contributed by atoms with Gasteiger partial charge in [0.2, 0.25) is 20.7 Å². The van der Waals surface area contributed by atoms with E-state index in [1.165, 1.54) is 18.2 Å². The number of fused-ring (bicyclic) bond motifs is 7. The van der Waals surface area contributed by atoms with Crippen molar-refractivity contribution in [1.82, 2.24) is 15.6 Å². The van der Waals surface area contributed by atoms with E-state index in [-0.39, 0.29) is 16.5 Å². The van der Waals surface area contributed by atoms with E-state index < -0.39 is 33.0 Å². The molecule has 1 aromatic carbocycles. The highest BCUT2D eigenvalue weighted by molar-refractivity contribution is 7.92. The predicted molar refractivity (Wildman–Crippen MR) is 128 cm³/mol. The summed E-state index contributed by atoms with van der Waals surface area (Å²) in [6, 6.07) is 9.25. The monoisotopic (exact) mass is 515 g/mol. The number of alkyl halides is 1. The largest absolute Gasteiger partial charge is 0.465 e. The fourth-order valence-electron chi connectivity index (χ4n) is 4.08. The quantitative estimate of drug-likeness (QED) is 0.490. The summed E-state index contributed by atoms with van der Waals surface area (Å²) >= 11 is 0. The Bertz CT molecular complexity index is 1270. The molecule has 3 aliphatic rings. The van der Waals surface area contributed by atoms with Crippen LogP contribution in [0.25, 0.3) is 0 Å². The smallest absolute Gasteiger partial charge is 0.417 e. The lowest BCUT2D eigenvalue weighted by Gasteiger charge is -2.33. The van der Waals surface area contributed by atoms with Gasteiger partial charge in [0.15, 0.2) is 0 Å². The molecule has 0 saturated carbocycles. The molecule has 2 aromatic rings. The van der Waals surface area contributed by atoms with Crippen LogP contribution in [-0.4, -0.2) is 37.6 Å². The molecule has 1 aromatic heterocycles. The van der Waals surface area contributed by atoms with E-state index in [0.717, 1.165) is 19.3 Å². The summed E-state index contributed by atoms with van der Waals surface area (Å²) in [4.78, 5) is 15.9. The van der Waals surface area contributed by atoms with Crippen LogP contribution in [0.1, 0.15) is 31.4 Å². The summed E-state index contributed by atoms with van der Waals surface area (Å²) in [5, 5.41) is 6.33. The zero-order valence-corrected chi connectivity index (χ0v) is 20.3. The van der Waals surface area contributed by atoms with Gasteiger partial charge in [0.25, 0.3) is 0 Å². The Morgan fingerprint density at radius 3 is 2.58 bits per heavy atom. The number of aromatic nitrogens is 1. The first-order chi connectivity index (χ1) is 17.2. The van der Waals surface area contributed by atoms with Crippen LogP contribution in [0.5, 0.6) is 11.6 Å². The molecule has 190 valence electrons. The van der Waals surface area contributed by atoms with Crippen molar-refractivity contribution in [3.8, 4) is 11.6 Å². The van der Waals surface area contributed by atoms with Crippen LogP contribution < -0.4 is 20.1 Å². The number of carbonyl (C=O) groups excluding carboxylic acids is 1. The second kappa shape index (κ2) is 10.5. The highest BCUT2D eigenvalue weighted by Gasteiger charge is 2.47. The Balaban J connectivity index is 1.58. The molecule has 0 radical (unpaired) electrons. The van der Waals surface area contributed by atoms with Gasteiger partial charge in [-0.1, -0.05) is 12.1 Å². The number of nitrogens with one attached hydrogen (secondary N) is 3. The average molecular weight is 516 g/mol. The first-order valence-electron chi connectivity index (χ1n) is 11.3. The van der Waals surface area contributed by atoms with E-state index in [4.69, 9.17) is 15.0 Å². The molecule has 1 amide bonds. The topological polar surface area (TPSA) is 143 Å². The molecule has 0 aliphatic carbocycles. The predicted octanol–water partition coefficient (Wildman–Crippen LogP) is 4.19. The van der Waals surface area contributed by atoms with Gasteiger partial charge in [-0.2, -0.15) is 5.11 Å². The number of hydrogen-bond acceptors (Lipinski definition) is 9. The van der Waals surface area contributed by atoms with E-state index in [1.807, 2.05) is 0 Å². The van der Waals surface area contributed by atoms with Crippen molar-refractivity contribution in [1.29, 1.82) is 5.53 Å². The van der Waals surface area contributed by atoms with E-state index >= 15 is 4.39 Å². The zero-order valence-electron chi connectivity index (χ0n) is 19.5. The van der Waals surface area contributed by atoms with Crippen LogP contribution in [0.4, 0.5) is 9.18 Å². The summed E-state index contributed by atoms with van der Waals surface area (Å²) in [5.74, 6) is -0.197. The molecule has 0 spiro atoms. The van der Waals surface area contributed by atoms with Crippen molar-refractivity contribution in [3.63, 3.8) is 0 Å². The Morgan fingerprint density at radius 2 is 1.94 bits per heavy atom. The number of pyridine rings is 1. The SMILES string of the molecule is CC(F)(C1CCNCC1)S(=O)(=O)c1ccc(OC2/C=C\C(=C/N=N)NC(=O)Oc3ccc2cc3)nc1. The van der Waals surface area contributed by atoms with Gasteiger partial charge in [0.1, 0.15) is 11.9 Å². The molecular weight excluding hydrogens is 489 g/mol. The Kier molecular flexibility index (Phi) is 7.45. The third-order valence-corrected chi connectivity index (χ3v) is 8.43. The molecule has 2 atom stereocenters. The minimum absolute atomic E-state index is 0.112. The highest BCUT2D eigenvalue weighted by Crippen LogP contribution is 2.38. The van der Waals surface area contributed by atoms with Gasteiger partial charge in [-0.25, -0.2) is 28.1 Å². The summed E-state index contributed by atoms with van der Waals surface area (Å²) in [6.45, 7) is 2.27. The number of nitrogens with zero attached hydrogens (tertiary/aromatic N) is 2. The molecule has 3 aliphatic heterocycles. The van der Waals surface area contributed by atoms with Crippen LogP contribution in [0, 0.1) is 11.4 Å². The van der Waals surface area contributed by atoms with Crippen LogP contribution in [-0.2, 0) is 9.84 Å². The van der Waals surface area contributed by atoms with Crippen LogP contribution in [0.15, 0.2) is 76.7 Å². The molecular formula is C24H26FN5O5S. The molecule has 4 heterocycles. The van der Waals surface area contributed by atoms with Crippen molar-refractivity contribution in [2.75, 3.05) is 13.1 Å². The van der Waals surface area contributed by atoms with Crippen molar-refractivity contribution in [3.05, 3.63) is 72.2 Å². The molecule has 2 unspecified atom stereocenters. The number of halogens is 1. The molecule has 1 fully saturated rings. The molecule has 12 heteroatoms. The zero-order chi connectivity index (χ0) is 25.8. The maximum absolute atomic E-state index is 15.6. The van der Waals surface area contributed by atoms with Gasteiger partial charge in [-0.3, -0.25) is 5.32 Å². The van der Waals surface area contributed by atoms with Crippen LogP contribution in [0.3, 0.4) is 0 Å². The number of ether oxygens (including phenoxy) is 2. The number of sulfone groups is 1. The molecule has 5 rings (SSSR count). The van der Waals surface area contributed by atoms with Gasteiger partial charge in [0, 0.05) is 18.2 Å². The van der Waals surface area contributed by atoms with Gasteiger partial charge < -0.3 is 14.8 Å². The number of allylic oxidation sites excluding steroid dienone is 1. The first kappa shape index (κ1) is 25.5. The maximum Gasteiger partial charge on any atom is 0.417 e. The van der Waals surface area contributed by atoms with Crippen molar-refractivity contribution in [2.45, 2.75) is 35.8 Å². The molecule has 36 heavy (non-hydrogen) atoms. The third kappa shape index (κ3) is 5.44. The second-order valence-electron chi connectivity index (χ2n) is 8.54. The lowest BCUT2D eigenvalue weighted by Crippen LogP contribution is -2.44. The number of amides is 1. The van der Waals surface area contributed by atoms with Crippen molar-refractivity contribution < 1.29 is 27.1 Å². The van der Waals surface area contributed by atoms with Gasteiger partial charge in [-0.05, 0) is 68.8 Å². The molecule has 10 nitrogen and oxygen atoms in total. The van der Waals surface area contributed by atoms with E-state index in [9.17, 15) is 13.2 Å². The van der Waals surface area contributed by atoms with E-state index in [0.29, 0.717) is 37.2 Å². The normalized spacial score (nSPS) is 22.6. The number of benzene rings is 1. The van der Waals surface area contributed by atoms with E-state index in [2.05, 4.69) is 20.7 Å². The van der Waals surface area contributed by atoms with E-state index in [1.54, 1.807) is 30.3 Å². The summed E-state index contributed by atoms with van der Waals surface area (Å²) in [5.41, 5.74) is 7.93. The number of piperidine rings is 1. The number of carbonyl (C=O) groups is 1. The molecule has 2 bridgehead atoms. The second-order valence-corrected chi connectivity index (χ2v) is 10.8. The summed E-state index contributed by atoms with van der Waals surface area (Å²) in [7, 11) is -4.29. The number of rotatable bonds is 6. The Morgan fingerprint density at radius 1 is 1.22 bits per heavy atom. The fourth-order valence-corrected chi connectivity index (χ4v) is 5.66. The van der Waals surface area contributed by atoms with Crippen LogP contribution >= 0.6 is 0 Å². The lowest BCUT2D eigenvalue weighted by molar-refractivity contribution is 0.159. The Hall–Kier alpha value is -3.64. The third-order valence-electron chi connectivity index (χ3n) is 6.18.